The predicted octanol–water partition coefficient (Wildman–Crippen LogP) is 3.19. The third-order valence-corrected chi connectivity index (χ3v) is 5.26. The molecular weight excluding hydrogens is 323 g/mol. The number of anilines is 1. The predicted molar refractivity (Wildman–Crippen MR) is 81.3 cm³/mol. The van der Waals surface area contributed by atoms with Crippen molar-refractivity contribution in [2.75, 3.05) is 18.1 Å². The molecule has 2 atom stereocenters. The molecule has 1 aromatic rings. The first-order chi connectivity index (χ1) is 9.72. The summed E-state index contributed by atoms with van der Waals surface area (Å²) in [6, 6.07) is 4.08. The van der Waals surface area contributed by atoms with Crippen molar-refractivity contribution in [2.45, 2.75) is 44.4 Å². The van der Waals surface area contributed by atoms with E-state index in [0.717, 1.165) is 24.9 Å². The summed E-state index contributed by atoms with van der Waals surface area (Å²) in [6.45, 7) is 1.77. The Morgan fingerprint density at radius 1 is 1.35 bits per heavy atom. The van der Waals surface area contributed by atoms with Crippen LogP contribution in [0.2, 0.25) is 0 Å². The molecule has 1 heterocycles. The molecule has 1 saturated heterocycles. The number of hydrogen-bond donors (Lipinski definition) is 1. The normalized spacial score (nSPS) is 26.4. The van der Waals surface area contributed by atoms with Crippen molar-refractivity contribution in [1.82, 2.24) is 0 Å². The van der Waals surface area contributed by atoms with E-state index >= 15 is 0 Å². The summed E-state index contributed by atoms with van der Waals surface area (Å²) in [6.07, 6.45) is 4.84. The van der Waals surface area contributed by atoms with Gasteiger partial charge in [-0.2, -0.15) is 0 Å². The maximum Gasteiger partial charge on any atom is 0.160 e. The molecule has 0 aromatic heterocycles. The molecule has 110 valence electrons. The van der Waals surface area contributed by atoms with Crippen LogP contribution in [-0.2, 0) is 11.3 Å². The minimum atomic E-state index is -0.195. The average molecular weight is 343 g/mol. The molecule has 2 unspecified atom stereocenters. The molecule has 2 aliphatic rings. The number of nitrogens with two attached hydrogens (primary N) is 1. The summed E-state index contributed by atoms with van der Waals surface area (Å²) in [5.74, 6) is -0.195. The number of hydrogen-bond acceptors (Lipinski definition) is 3. The van der Waals surface area contributed by atoms with Crippen LogP contribution in [-0.4, -0.2) is 25.3 Å². The van der Waals surface area contributed by atoms with Gasteiger partial charge < -0.3 is 15.4 Å². The topological polar surface area (TPSA) is 38.5 Å². The monoisotopic (exact) mass is 342 g/mol. The molecule has 0 bridgehead atoms. The van der Waals surface area contributed by atoms with Crippen molar-refractivity contribution in [3.63, 3.8) is 0 Å². The fourth-order valence-electron chi connectivity index (χ4n) is 3.35. The maximum atomic E-state index is 14.6. The van der Waals surface area contributed by atoms with E-state index in [1.165, 1.54) is 12.8 Å². The van der Waals surface area contributed by atoms with Crippen molar-refractivity contribution in [1.29, 1.82) is 0 Å². The van der Waals surface area contributed by atoms with Crippen LogP contribution < -0.4 is 10.6 Å². The lowest BCUT2D eigenvalue weighted by Gasteiger charge is -2.45. The van der Waals surface area contributed by atoms with E-state index in [0.29, 0.717) is 29.4 Å². The highest BCUT2D eigenvalue weighted by molar-refractivity contribution is 9.10. The van der Waals surface area contributed by atoms with Crippen LogP contribution in [0.1, 0.15) is 31.2 Å². The van der Waals surface area contributed by atoms with Crippen molar-refractivity contribution >= 4 is 21.6 Å². The lowest BCUT2D eigenvalue weighted by atomic mass is 9.89. The minimum Gasteiger partial charge on any atom is -0.374 e. The first kappa shape index (κ1) is 14.3. The summed E-state index contributed by atoms with van der Waals surface area (Å²) < 4.78 is 21.0. The van der Waals surface area contributed by atoms with Gasteiger partial charge in [0, 0.05) is 13.1 Å². The van der Waals surface area contributed by atoms with Gasteiger partial charge >= 0.3 is 0 Å². The van der Waals surface area contributed by atoms with E-state index in [1.807, 2.05) is 12.1 Å². The molecule has 0 amide bonds. The Labute approximate surface area is 127 Å². The second kappa shape index (κ2) is 6.00. The SMILES string of the molecule is NCc1ccc(N2CCOC3CCCCC32)c(F)c1Br. The van der Waals surface area contributed by atoms with Crippen LogP contribution >= 0.6 is 15.9 Å². The van der Waals surface area contributed by atoms with Crippen molar-refractivity contribution in [2.24, 2.45) is 5.73 Å². The van der Waals surface area contributed by atoms with Crippen LogP contribution in [0.5, 0.6) is 0 Å². The van der Waals surface area contributed by atoms with E-state index in [-0.39, 0.29) is 11.9 Å². The van der Waals surface area contributed by atoms with Crippen LogP contribution in [0.3, 0.4) is 0 Å². The highest BCUT2D eigenvalue weighted by Crippen LogP contribution is 2.36. The lowest BCUT2D eigenvalue weighted by Crippen LogP contribution is -2.53. The smallest absolute Gasteiger partial charge is 0.160 e. The Hall–Kier alpha value is -0.650. The largest absolute Gasteiger partial charge is 0.374 e. The number of halogens is 2. The molecule has 2 fully saturated rings. The molecule has 3 rings (SSSR count). The van der Waals surface area contributed by atoms with Crippen LogP contribution in [0.15, 0.2) is 16.6 Å². The standard InChI is InChI=1S/C15H20BrFN2O/c16-14-10(9-18)5-6-12(15(14)17)19-7-8-20-13-4-2-1-3-11(13)19/h5-6,11,13H,1-4,7-9,18H2. The summed E-state index contributed by atoms with van der Waals surface area (Å²) in [4.78, 5) is 2.19. The van der Waals surface area contributed by atoms with E-state index < -0.39 is 0 Å². The third kappa shape index (κ3) is 2.47. The zero-order chi connectivity index (χ0) is 14.1. The lowest BCUT2D eigenvalue weighted by molar-refractivity contribution is -0.00892. The van der Waals surface area contributed by atoms with E-state index in [1.54, 1.807) is 0 Å². The summed E-state index contributed by atoms with van der Waals surface area (Å²) in [7, 11) is 0. The van der Waals surface area contributed by atoms with E-state index in [4.69, 9.17) is 10.5 Å². The van der Waals surface area contributed by atoms with Gasteiger partial charge in [-0.15, -0.1) is 0 Å². The zero-order valence-electron chi connectivity index (χ0n) is 11.4. The molecule has 0 radical (unpaired) electrons. The van der Waals surface area contributed by atoms with Gasteiger partial charge in [-0.05, 0) is 40.4 Å². The van der Waals surface area contributed by atoms with E-state index in [9.17, 15) is 4.39 Å². The Morgan fingerprint density at radius 2 is 2.15 bits per heavy atom. The molecule has 20 heavy (non-hydrogen) atoms. The summed E-state index contributed by atoms with van der Waals surface area (Å²) in [5.41, 5.74) is 7.10. The third-order valence-electron chi connectivity index (χ3n) is 4.40. The molecule has 1 aliphatic heterocycles. The number of benzene rings is 1. The number of fused-ring (bicyclic) bond motifs is 1. The van der Waals surface area contributed by atoms with Gasteiger partial charge in [0.25, 0.3) is 0 Å². The average Bonchev–Trinajstić information content (AvgIpc) is 2.50. The maximum absolute atomic E-state index is 14.6. The quantitative estimate of drug-likeness (QED) is 0.896. The highest BCUT2D eigenvalue weighted by Gasteiger charge is 2.35. The molecule has 1 aliphatic carbocycles. The Bertz CT molecular complexity index is 495. The van der Waals surface area contributed by atoms with Crippen molar-refractivity contribution < 1.29 is 9.13 Å². The Balaban J connectivity index is 1.93. The van der Waals surface area contributed by atoms with Crippen LogP contribution in [0.25, 0.3) is 0 Å². The minimum absolute atomic E-state index is 0.195. The molecule has 3 nitrogen and oxygen atoms in total. The fraction of sp³-hybridized carbons (Fsp3) is 0.600. The molecule has 1 aromatic carbocycles. The summed E-state index contributed by atoms with van der Waals surface area (Å²) in [5, 5.41) is 0. The first-order valence-corrected chi connectivity index (χ1v) is 8.07. The van der Waals surface area contributed by atoms with Crippen molar-refractivity contribution in [3.8, 4) is 0 Å². The number of ether oxygens (including phenoxy) is 1. The fourth-order valence-corrected chi connectivity index (χ4v) is 3.85. The van der Waals surface area contributed by atoms with Gasteiger partial charge in [0.2, 0.25) is 0 Å². The van der Waals surface area contributed by atoms with Gasteiger partial charge in [-0.3, -0.25) is 0 Å². The van der Waals surface area contributed by atoms with Gasteiger partial charge in [0.05, 0.1) is 28.9 Å². The molecular formula is C15H20BrFN2O. The van der Waals surface area contributed by atoms with Crippen LogP contribution in [0.4, 0.5) is 10.1 Å². The van der Waals surface area contributed by atoms with Crippen molar-refractivity contribution in [3.05, 3.63) is 28.0 Å². The Morgan fingerprint density at radius 3 is 2.95 bits per heavy atom. The first-order valence-electron chi connectivity index (χ1n) is 7.27. The second-order valence-electron chi connectivity index (χ2n) is 5.53. The molecule has 2 N–H and O–H groups in total. The Kier molecular flexibility index (Phi) is 4.29. The number of morpholine rings is 1. The molecule has 5 heteroatoms. The zero-order valence-corrected chi connectivity index (χ0v) is 13.0. The van der Waals surface area contributed by atoms with Crippen LogP contribution in [0, 0.1) is 5.82 Å². The van der Waals surface area contributed by atoms with Gasteiger partial charge in [0.15, 0.2) is 5.82 Å². The number of rotatable bonds is 2. The number of nitrogens with zero attached hydrogens (tertiary/aromatic N) is 1. The van der Waals surface area contributed by atoms with Gasteiger partial charge in [0.1, 0.15) is 0 Å². The highest BCUT2D eigenvalue weighted by atomic mass is 79.9. The van der Waals surface area contributed by atoms with E-state index in [2.05, 4.69) is 20.8 Å². The molecule has 0 spiro atoms. The summed E-state index contributed by atoms with van der Waals surface area (Å²) >= 11 is 3.33. The van der Waals surface area contributed by atoms with Gasteiger partial charge in [-0.1, -0.05) is 18.9 Å². The van der Waals surface area contributed by atoms with Gasteiger partial charge in [-0.25, -0.2) is 4.39 Å². The molecule has 1 saturated carbocycles. The second-order valence-corrected chi connectivity index (χ2v) is 6.32.